The number of thioether (sulfide) groups is 1. The van der Waals surface area contributed by atoms with E-state index in [1.54, 1.807) is 19.0 Å². The number of aliphatic imine (C=N–C) groups is 1. The Balaban J connectivity index is 1.99. The van der Waals surface area contributed by atoms with Crippen molar-refractivity contribution < 1.29 is 4.79 Å². The maximum atomic E-state index is 12.2. The number of carbonyl (C=O) groups excluding carboxylic acids is 1. The number of amidine groups is 1. The summed E-state index contributed by atoms with van der Waals surface area (Å²) in [6.07, 6.45) is 3.90. The van der Waals surface area contributed by atoms with Gasteiger partial charge in [-0.2, -0.15) is 0 Å². The third kappa shape index (κ3) is 2.52. The van der Waals surface area contributed by atoms with Crippen LogP contribution in [0.1, 0.15) is 5.69 Å². The van der Waals surface area contributed by atoms with Gasteiger partial charge in [0.25, 0.3) is 5.91 Å². The van der Waals surface area contributed by atoms with Crippen LogP contribution >= 0.6 is 11.8 Å². The third-order valence-corrected chi connectivity index (χ3v) is 4.44. The van der Waals surface area contributed by atoms with Crippen molar-refractivity contribution in [1.29, 1.82) is 0 Å². The quantitative estimate of drug-likeness (QED) is 0.799. The number of likely N-dealkylation sites (N-methyl/N-ethyl adjacent to an activating group) is 1. The number of benzene rings is 1. The summed E-state index contributed by atoms with van der Waals surface area (Å²) in [5, 5.41) is 0.726. The van der Waals surface area contributed by atoms with Crippen molar-refractivity contribution in [2.24, 2.45) is 4.99 Å². The van der Waals surface area contributed by atoms with Gasteiger partial charge in [-0.3, -0.25) is 14.7 Å². The molecule has 4 nitrogen and oxygen atoms in total. The van der Waals surface area contributed by atoms with Crippen molar-refractivity contribution in [2.45, 2.75) is 0 Å². The third-order valence-electron chi connectivity index (χ3n) is 3.29. The topological polar surface area (TPSA) is 37.6 Å². The summed E-state index contributed by atoms with van der Waals surface area (Å²) in [5.41, 5.74) is 2.05. The minimum Gasteiger partial charge on any atom is -0.317 e. The van der Waals surface area contributed by atoms with Crippen LogP contribution in [0.5, 0.6) is 0 Å². The first-order chi connectivity index (χ1) is 10.2. The van der Waals surface area contributed by atoms with Gasteiger partial charge >= 0.3 is 0 Å². The van der Waals surface area contributed by atoms with Crippen molar-refractivity contribution in [2.75, 3.05) is 14.1 Å². The summed E-state index contributed by atoms with van der Waals surface area (Å²) in [4.78, 5) is 18.6. The molecule has 0 spiro atoms. The Morgan fingerprint density at radius 2 is 1.90 bits per heavy atom. The highest BCUT2D eigenvalue weighted by Gasteiger charge is 2.29. The van der Waals surface area contributed by atoms with Gasteiger partial charge in [-0.05, 0) is 42.1 Å². The van der Waals surface area contributed by atoms with Crippen LogP contribution in [0.4, 0.5) is 0 Å². The summed E-state index contributed by atoms with van der Waals surface area (Å²) >= 11 is 1.40. The molecule has 1 fully saturated rings. The molecule has 1 aliphatic heterocycles. The van der Waals surface area contributed by atoms with Crippen LogP contribution in [-0.2, 0) is 4.79 Å². The van der Waals surface area contributed by atoms with Gasteiger partial charge < -0.3 is 4.57 Å². The molecular formula is C16H15N3OS. The normalized spacial score (nSPS) is 19.0. The van der Waals surface area contributed by atoms with Crippen LogP contribution in [0.2, 0.25) is 0 Å². The summed E-state index contributed by atoms with van der Waals surface area (Å²) in [7, 11) is 3.44. The highest BCUT2D eigenvalue weighted by Crippen LogP contribution is 2.31. The summed E-state index contributed by atoms with van der Waals surface area (Å²) in [6.45, 7) is 0. The van der Waals surface area contributed by atoms with Gasteiger partial charge in [0.1, 0.15) is 0 Å². The highest BCUT2D eigenvalue weighted by molar-refractivity contribution is 8.18. The van der Waals surface area contributed by atoms with Crippen molar-refractivity contribution in [3.05, 3.63) is 59.3 Å². The van der Waals surface area contributed by atoms with Crippen LogP contribution in [0, 0.1) is 0 Å². The molecule has 0 saturated carbocycles. The molecule has 106 valence electrons. The molecule has 1 aromatic carbocycles. The number of nitrogens with zero attached hydrogens (tertiary/aromatic N) is 3. The number of aromatic nitrogens is 1. The Labute approximate surface area is 127 Å². The Morgan fingerprint density at radius 3 is 2.57 bits per heavy atom. The lowest BCUT2D eigenvalue weighted by Gasteiger charge is -2.07. The van der Waals surface area contributed by atoms with E-state index in [0.29, 0.717) is 4.91 Å². The standard InChI is InChI=1S/C16H15N3OS/c1-17-16-18(2)15(20)14(21-16)11-13-9-6-10-19(13)12-7-4-3-5-8-12/h3-11H,1-2H3. The molecule has 1 saturated heterocycles. The first-order valence-electron chi connectivity index (χ1n) is 6.58. The Hall–Kier alpha value is -2.27. The smallest absolute Gasteiger partial charge is 0.266 e. The second kappa shape index (κ2) is 5.61. The zero-order chi connectivity index (χ0) is 14.8. The molecule has 0 unspecified atom stereocenters. The van der Waals surface area contributed by atoms with Crippen LogP contribution in [0.25, 0.3) is 11.8 Å². The van der Waals surface area contributed by atoms with Crippen molar-refractivity contribution in [3.8, 4) is 5.69 Å². The SMILES string of the molecule is CN=C1SC(=Cc2cccn2-c2ccccc2)C(=O)N1C. The molecule has 0 N–H and O–H groups in total. The van der Waals surface area contributed by atoms with Crippen LogP contribution in [0.3, 0.4) is 0 Å². The van der Waals surface area contributed by atoms with Gasteiger partial charge in [0.15, 0.2) is 5.17 Å². The average molecular weight is 297 g/mol. The van der Waals surface area contributed by atoms with Crippen LogP contribution in [0.15, 0.2) is 58.6 Å². The minimum absolute atomic E-state index is 0.0126. The molecule has 0 bridgehead atoms. The van der Waals surface area contributed by atoms with E-state index in [4.69, 9.17) is 0 Å². The van der Waals surface area contributed by atoms with Gasteiger partial charge in [-0.1, -0.05) is 18.2 Å². The predicted octanol–water partition coefficient (Wildman–Crippen LogP) is 3.01. The fourth-order valence-electron chi connectivity index (χ4n) is 2.22. The molecule has 5 heteroatoms. The highest BCUT2D eigenvalue weighted by atomic mass is 32.2. The average Bonchev–Trinajstić information content (AvgIpc) is 3.08. The van der Waals surface area contributed by atoms with Crippen molar-refractivity contribution >= 4 is 28.9 Å². The molecule has 0 atom stereocenters. The molecule has 2 aromatic rings. The monoisotopic (exact) mass is 297 g/mol. The van der Waals surface area contributed by atoms with E-state index in [2.05, 4.69) is 9.56 Å². The van der Waals surface area contributed by atoms with Gasteiger partial charge in [0.05, 0.1) is 4.91 Å². The zero-order valence-electron chi connectivity index (χ0n) is 11.9. The van der Waals surface area contributed by atoms with E-state index in [0.717, 1.165) is 16.5 Å². The maximum Gasteiger partial charge on any atom is 0.266 e. The zero-order valence-corrected chi connectivity index (χ0v) is 12.7. The second-order valence-corrected chi connectivity index (χ2v) is 5.63. The van der Waals surface area contributed by atoms with Gasteiger partial charge in [0, 0.05) is 31.7 Å². The number of carbonyl (C=O) groups is 1. The minimum atomic E-state index is -0.0126. The number of hydrogen-bond acceptors (Lipinski definition) is 3. The molecule has 0 radical (unpaired) electrons. The summed E-state index contributed by atoms with van der Waals surface area (Å²) in [5.74, 6) is -0.0126. The van der Waals surface area contributed by atoms with Crippen molar-refractivity contribution in [3.63, 3.8) is 0 Å². The van der Waals surface area contributed by atoms with Gasteiger partial charge in [-0.15, -0.1) is 0 Å². The molecule has 0 aliphatic carbocycles. The summed E-state index contributed by atoms with van der Waals surface area (Å²) < 4.78 is 2.06. The first kappa shape index (κ1) is 13.7. The predicted molar refractivity (Wildman–Crippen MR) is 87.5 cm³/mol. The molecule has 1 aromatic heterocycles. The number of rotatable bonds is 2. The lowest BCUT2D eigenvalue weighted by Crippen LogP contribution is -2.23. The Bertz CT molecular complexity index is 731. The fraction of sp³-hybridized carbons (Fsp3) is 0.125. The molecular weight excluding hydrogens is 282 g/mol. The van der Waals surface area contributed by atoms with Gasteiger partial charge in [-0.25, -0.2) is 0 Å². The lowest BCUT2D eigenvalue weighted by atomic mass is 10.3. The second-order valence-electron chi connectivity index (χ2n) is 4.62. The van der Waals surface area contributed by atoms with E-state index in [9.17, 15) is 4.79 Å². The molecule has 21 heavy (non-hydrogen) atoms. The summed E-state index contributed by atoms with van der Waals surface area (Å²) in [6, 6.07) is 14.0. The van der Waals surface area contributed by atoms with E-state index in [1.165, 1.54) is 11.8 Å². The Kier molecular flexibility index (Phi) is 3.66. The molecule has 1 aliphatic rings. The largest absolute Gasteiger partial charge is 0.317 e. The molecule has 2 heterocycles. The van der Waals surface area contributed by atoms with E-state index < -0.39 is 0 Å². The van der Waals surface area contributed by atoms with Gasteiger partial charge in [0.2, 0.25) is 0 Å². The van der Waals surface area contributed by atoms with Crippen molar-refractivity contribution in [1.82, 2.24) is 9.47 Å². The van der Waals surface area contributed by atoms with E-state index >= 15 is 0 Å². The lowest BCUT2D eigenvalue weighted by molar-refractivity contribution is -0.121. The fourth-order valence-corrected chi connectivity index (χ4v) is 3.13. The number of amides is 1. The molecule has 3 rings (SSSR count). The number of hydrogen-bond donors (Lipinski definition) is 0. The first-order valence-corrected chi connectivity index (χ1v) is 7.39. The van der Waals surface area contributed by atoms with E-state index in [1.807, 2.05) is 54.7 Å². The maximum absolute atomic E-state index is 12.2. The molecule has 1 amide bonds. The van der Waals surface area contributed by atoms with E-state index in [-0.39, 0.29) is 5.91 Å². The van der Waals surface area contributed by atoms with Crippen LogP contribution < -0.4 is 0 Å². The number of para-hydroxylation sites is 1. The Morgan fingerprint density at radius 1 is 1.14 bits per heavy atom. The van der Waals surface area contributed by atoms with Crippen LogP contribution in [-0.4, -0.2) is 34.6 Å².